The molecule has 5 rings (SSSR count). The van der Waals surface area contributed by atoms with Crippen LogP contribution in [0.5, 0.6) is 0 Å². The zero-order valence-electron chi connectivity index (χ0n) is 19.2. The molecule has 192 valence electrons. The first-order chi connectivity index (χ1) is 17.2. The average Bonchev–Trinajstić information content (AvgIpc) is 3.54. The van der Waals surface area contributed by atoms with Gasteiger partial charge in [-0.3, -0.25) is 9.69 Å². The van der Waals surface area contributed by atoms with E-state index < -0.39 is 32.5 Å². The van der Waals surface area contributed by atoms with Crippen molar-refractivity contribution >= 4 is 54.2 Å². The molecule has 0 radical (unpaired) electrons. The van der Waals surface area contributed by atoms with Gasteiger partial charge in [0.15, 0.2) is 5.13 Å². The van der Waals surface area contributed by atoms with Crippen LogP contribution in [0.25, 0.3) is 10.2 Å². The number of sulfonamides is 1. The van der Waals surface area contributed by atoms with E-state index in [1.54, 1.807) is 11.0 Å². The smallest absolute Gasteiger partial charge is 0.246 e. The number of hydrogen-bond donors (Lipinski definition) is 0. The largest absolute Gasteiger partial charge is 0.376 e. The minimum absolute atomic E-state index is 0.0220. The molecule has 0 saturated carbocycles. The molecule has 3 aromatic rings. The number of carbonyl (C=O) groups is 1. The van der Waals surface area contributed by atoms with Crippen LogP contribution in [0.4, 0.5) is 13.9 Å². The number of ether oxygens (including phenoxy) is 1. The van der Waals surface area contributed by atoms with E-state index in [4.69, 9.17) is 16.3 Å². The van der Waals surface area contributed by atoms with Gasteiger partial charge >= 0.3 is 0 Å². The lowest BCUT2D eigenvalue weighted by Gasteiger charge is -2.33. The molecular formula is C24H24ClF2N3O4S2. The molecule has 1 amide bonds. The van der Waals surface area contributed by atoms with Crippen LogP contribution in [-0.2, 0) is 19.6 Å². The third-order valence-electron chi connectivity index (χ3n) is 6.58. The van der Waals surface area contributed by atoms with Crippen molar-refractivity contribution in [3.63, 3.8) is 0 Å². The molecule has 2 fully saturated rings. The standard InChI is InChI=1S/C24H24ClF2N3O4S2/c25-18-4-1-5-20-22(18)28-24(35-20)30(14-17-3-2-12-34-17)23(31)15-8-10-29(11-9-15)36(32,33)21-13-16(26)6-7-19(21)27/h1,4-7,13,15,17H,2-3,8-12,14H2. The maximum absolute atomic E-state index is 14.2. The van der Waals surface area contributed by atoms with Crippen molar-refractivity contribution < 1.29 is 26.7 Å². The van der Waals surface area contributed by atoms with E-state index in [1.165, 1.54) is 11.3 Å². The molecule has 12 heteroatoms. The molecule has 0 N–H and O–H groups in total. The van der Waals surface area contributed by atoms with Crippen LogP contribution < -0.4 is 4.90 Å². The van der Waals surface area contributed by atoms with Gasteiger partial charge in [-0.25, -0.2) is 22.2 Å². The Bertz CT molecular complexity index is 1390. The van der Waals surface area contributed by atoms with E-state index in [0.717, 1.165) is 34.0 Å². The van der Waals surface area contributed by atoms with Gasteiger partial charge in [0, 0.05) is 25.6 Å². The molecule has 0 aliphatic carbocycles. The maximum atomic E-state index is 14.2. The van der Waals surface area contributed by atoms with E-state index in [1.807, 2.05) is 12.1 Å². The Balaban J connectivity index is 1.35. The van der Waals surface area contributed by atoms with Crippen LogP contribution in [0.1, 0.15) is 25.7 Å². The number of thiazole rings is 1. The van der Waals surface area contributed by atoms with Crippen LogP contribution in [0.2, 0.25) is 5.02 Å². The van der Waals surface area contributed by atoms with Crippen LogP contribution in [0, 0.1) is 17.6 Å². The molecule has 0 bridgehead atoms. The summed E-state index contributed by atoms with van der Waals surface area (Å²) < 4.78 is 61.4. The lowest BCUT2D eigenvalue weighted by Crippen LogP contribution is -2.46. The van der Waals surface area contributed by atoms with E-state index in [9.17, 15) is 22.0 Å². The minimum Gasteiger partial charge on any atom is -0.376 e. The summed E-state index contributed by atoms with van der Waals surface area (Å²) in [6.07, 6.45) is 2.16. The summed E-state index contributed by atoms with van der Waals surface area (Å²) in [5.74, 6) is -2.44. The zero-order chi connectivity index (χ0) is 25.4. The number of amides is 1. The first kappa shape index (κ1) is 25.5. The second-order valence-corrected chi connectivity index (χ2v) is 12.2. The van der Waals surface area contributed by atoms with E-state index >= 15 is 0 Å². The Morgan fingerprint density at radius 3 is 2.67 bits per heavy atom. The van der Waals surface area contributed by atoms with Gasteiger partial charge in [-0.2, -0.15) is 4.31 Å². The van der Waals surface area contributed by atoms with Crippen molar-refractivity contribution in [2.24, 2.45) is 5.92 Å². The van der Waals surface area contributed by atoms with Crippen molar-refractivity contribution in [1.82, 2.24) is 9.29 Å². The number of halogens is 3. The SMILES string of the molecule is O=C(C1CCN(S(=O)(=O)c2cc(F)ccc2F)CC1)N(CC1CCCO1)c1nc2c(Cl)cccc2s1. The molecule has 1 atom stereocenters. The number of benzene rings is 2. The van der Waals surface area contributed by atoms with Crippen molar-refractivity contribution in [1.29, 1.82) is 0 Å². The fraction of sp³-hybridized carbons (Fsp3) is 0.417. The van der Waals surface area contributed by atoms with Gasteiger partial charge in [0.2, 0.25) is 15.9 Å². The molecular weight excluding hydrogens is 532 g/mol. The molecule has 36 heavy (non-hydrogen) atoms. The summed E-state index contributed by atoms with van der Waals surface area (Å²) >= 11 is 7.68. The highest BCUT2D eigenvalue weighted by Crippen LogP contribution is 2.35. The summed E-state index contributed by atoms with van der Waals surface area (Å²) in [7, 11) is -4.23. The predicted octanol–water partition coefficient (Wildman–Crippen LogP) is 4.84. The number of carbonyl (C=O) groups excluding carboxylic acids is 1. The number of hydrogen-bond acceptors (Lipinski definition) is 6. The van der Waals surface area contributed by atoms with E-state index in [2.05, 4.69) is 4.98 Å². The van der Waals surface area contributed by atoms with Crippen molar-refractivity contribution in [2.45, 2.75) is 36.7 Å². The number of nitrogens with zero attached hydrogens (tertiary/aromatic N) is 3. The monoisotopic (exact) mass is 555 g/mol. The molecule has 2 aromatic carbocycles. The third-order valence-corrected chi connectivity index (χ3v) is 9.84. The van der Waals surface area contributed by atoms with Gasteiger partial charge in [-0.1, -0.05) is 29.0 Å². The number of aromatic nitrogens is 1. The van der Waals surface area contributed by atoms with Gasteiger partial charge in [-0.05, 0) is 56.0 Å². The van der Waals surface area contributed by atoms with Crippen LogP contribution >= 0.6 is 22.9 Å². The number of fused-ring (bicyclic) bond motifs is 1. The van der Waals surface area contributed by atoms with E-state index in [-0.39, 0.29) is 37.9 Å². The average molecular weight is 556 g/mol. The molecule has 0 spiro atoms. The molecule has 7 nitrogen and oxygen atoms in total. The first-order valence-electron chi connectivity index (χ1n) is 11.7. The highest BCUT2D eigenvalue weighted by Gasteiger charge is 2.37. The second-order valence-electron chi connectivity index (χ2n) is 8.92. The summed E-state index contributed by atoms with van der Waals surface area (Å²) in [6, 6.07) is 7.83. The number of rotatable bonds is 6. The van der Waals surface area contributed by atoms with Crippen LogP contribution in [0.3, 0.4) is 0 Å². The first-order valence-corrected chi connectivity index (χ1v) is 14.3. The number of para-hydroxylation sites is 1. The van der Waals surface area contributed by atoms with Crippen LogP contribution in [-0.4, -0.2) is 56.0 Å². The van der Waals surface area contributed by atoms with E-state index in [0.29, 0.717) is 34.9 Å². The number of piperidine rings is 1. The van der Waals surface area contributed by atoms with Gasteiger partial charge in [0.1, 0.15) is 22.0 Å². The van der Waals surface area contributed by atoms with Crippen LogP contribution in [0.15, 0.2) is 41.3 Å². The topological polar surface area (TPSA) is 79.8 Å². The van der Waals surface area contributed by atoms with Gasteiger partial charge in [0.05, 0.1) is 22.4 Å². The fourth-order valence-corrected chi connectivity index (χ4v) is 7.48. The van der Waals surface area contributed by atoms with Gasteiger partial charge in [-0.15, -0.1) is 0 Å². The minimum atomic E-state index is -4.23. The lowest BCUT2D eigenvalue weighted by atomic mass is 9.96. The normalized spacial score (nSPS) is 19.7. The summed E-state index contributed by atoms with van der Waals surface area (Å²) in [4.78, 5) is 19.3. The Kier molecular flexibility index (Phi) is 7.28. The van der Waals surface area contributed by atoms with Crippen molar-refractivity contribution in [3.05, 3.63) is 53.1 Å². The molecule has 1 unspecified atom stereocenters. The lowest BCUT2D eigenvalue weighted by molar-refractivity contribution is -0.123. The summed E-state index contributed by atoms with van der Waals surface area (Å²) in [6.45, 7) is 1.04. The predicted molar refractivity (Wildman–Crippen MR) is 134 cm³/mol. The second kappa shape index (κ2) is 10.3. The highest BCUT2D eigenvalue weighted by molar-refractivity contribution is 7.89. The Morgan fingerprint density at radius 2 is 1.97 bits per heavy atom. The zero-order valence-corrected chi connectivity index (χ0v) is 21.6. The summed E-state index contributed by atoms with van der Waals surface area (Å²) in [5, 5.41) is 1.03. The van der Waals surface area contributed by atoms with Gasteiger partial charge in [0.25, 0.3) is 0 Å². The van der Waals surface area contributed by atoms with Crippen molar-refractivity contribution in [2.75, 3.05) is 31.1 Å². The quantitative estimate of drug-likeness (QED) is 0.435. The Hall–Kier alpha value is -2.18. The van der Waals surface area contributed by atoms with Gasteiger partial charge < -0.3 is 4.74 Å². The molecule has 2 aliphatic rings. The molecule has 1 aromatic heterocycles. The molecule has 2 aliphatic heterocycles. The Morgan fingerprint density at radius 1 is 1.19 bits per heavy atom. The van der Waals surface area contributed by atoms with Crippen molar-refractivity contribution in [3.8, 4) is 0 Å². The number of anilines is 1. The third kappa shape index (κ3) is 4.99. The molecule has 2 saturated heterocycles. The fourth-order valence-electron chi connectivity index (χ4n) is 4.65. The molecule has 3 heterocycles. The highest BCUT2D eigenvalue weighted by atomic mass is 35.5. The summed E-state index contributed by atoms with van der Waals surface area (Å²) in [5.41, 5.74) is 0.627. The maximum Gasteiger partial charge on any atom is 0.246 e. The Labute approximate surface area is 216 Å².